The fraction of sp³-hybridized carbons (Fsp3) is 0.125. The highest BCUT2D eigenvalue weighted by Crippen LogP contribution is 2.30. The summed E-state index contributed by atoms with van der Waals surface area (Å²) in [6.07, 6.45) is 0. The van der Waals surface area contributed by atoms with Gasteiger partial charge in [-0.3, -0.25) is 4.79 Å². The Bertz CT molecular complexity index is 1280. The fourth-order valence-corrected chi connectivity index (χ4v) is 3.57. The van der Waals surface area contributed by atoms with Crippen LogP contribution in [0, 0.1) is 6.92 Å². The third kappa shape index (κ3) is 4.48. The zero-order chi connectivity index (χ0) is 22.0. The molecule has 0 radical (unpaired) electrons. The van der Waals surface area contributed by atoms with Gasteiger partial charge in [-0.1, -0.05) is 29.3 Å². The molecule has 1 aromatic heterocycles. The van der Waals surface area contributed by atoms with Crippen molar-refractivity contribution in [3.63, 3.8) is 0 Å². The fourth-order valence-electron chi connectivity index (χ4n) is 3.06. The number of benzene rings is 3. The van der Waals surface area contributed by atoms with Crippen molar-refractivity contribution in [1.29, 1.82) is 0 Å². The number of fused-ring (bicyclic) bond motifs is 1. The Hall–Kier alpha value is -3.15. The van der Waals surface area contributed by atoms with Crippen molar-refractivity contribution in [1.82, 2.24) is 0 Å². The lowest BCUT2D eigenvalue weighted by atomic mass is 10.2. The number of halogens is 2. The number of rotatable bonds is 6. The number of methoxy groups -OCH3 is 1. The third-order valence-corrected chi connectivity index (χ3v) is 5.42. The van der Waals surface area contributed by atoms with E-state index in [0.717, 1.165) is 0 Å². The van der Waals surface area contributed by atoms with Gasteiger partial charge in [0.15, 0.2) is 0 Å². The van der Waals surface area contributed by atoms with Crippen molar-refractivity contribution in [3.05, 3.63) is 92.3 Å². The summed E-state index contributed by atoms with van der Waals surface area (Å²) >= 11 is 12.4. The Morgan fingerprint density at radius 2 is 1.55 bits per heavy atom. The molecule has 4 rings (SSSR count). The lowest BCUT2D eigenvalue weighted by Gasteiger charge is -2.11. The molecule has 0 unspecified atom stereocenters. The molecule has 3 aromatic carbocycles. The van der Waals surface area contributed by atoms with E-state index in [2.05, 4.69) is 0 Å². The van der Waals surface area contributed by atoms with Crippen molar-refractivity contribution in [2.24, 2.45) is 0 Å². The maximum absolute atomic E-state index is 13.0. The van der Waals surface area contributed by atoms with Crippen LogP contribution in [-0.4, -0.2) is 7.11 Å². The van der Waals surface area contributed by atoms with E-state index in [1.165, 1.54) is 0 Å². The topological polar surface area (TPSA) is 57.9 Å². The van der Waals surface area contributed by atoms with Crippen molar-refractivity contribution < 1.29 is 18.6 Å². The van der Waals surface area contributed by atoms with Gasteiger partial charge in [0, 0.05) is 21.7 Å². The van der Waals surface area contributed by atoms with Gasteiger partial charge in [-0.25, -0.2) is 0 Å². The van der Waals surface area contributed by atoms with Crippen LogP contribution in [0.25, 0.3) is 11.0 Å². The maximum Gasteiger partial charge on any atom is 0.235 e. The summed E-state index contributed by atoms with van der Waals surface area (Å²) < 4.78 is 22.6. The Morgan fingerprint density at radius 1 is 0.903 bits per heavy atom. The molecule has 0 saturated carbocycles. The minimum absolute atomic E-state index is 0.134. The van der Waals surface area contributed by atoms with Crippen LogP contribution in [0.5, 0.6) is 23.0 Å². The molecule has 7 heteroatoms. The van der Waals surface area contributed by atoms with E-state index in [1.54, 1.807) is 74.7 Å². The highest BCUT2D eigenvalue weighted by molar-refractivity contribution is 6.35. The average molecular weight is 457 g/mol. The molecule has 0 bridgehead atoms. The number of hydrogen-bond donors (Lipinski definition) is 0. The molecule has 0 saturated heterocycles. The van der Waals surface area contributed by atoms with Gasteiger partial charge in [0.2, 0.25) is 11.2 Å². The lowest BCUT2D eigenvalue weighted by Crippen LogP contribution is -2.07. The van der Waals surface area contributed by atoms with Gasteiger partial charge >= 0.3 is 0 Å². The minimum atomic E-state index is -0.268. The quantitative estimate of drug-likeness (QED) is 0.319. The van der Waals surface area contributed by atoms with Crippen LogP contribution >= 0.6 is 23.2 Å². The molecular weight excluding hydrogens is 439 g/mol. The van der Waals surface area contributed by atoms with Gasteiger partial charge in [0.25, 0.3) is 0 Å². The van der Waals surface area contributed by atoms with Gasteiger partial charge in [-0.15, -0.1) is 0 Å². The van der Waals surface area contributed by atoms with Gasteiger partial charge < -0.3 is 18.6 Å². The highest BCUT2D eigenvalue weighted by atomic mass is 35.5. The van der Waals surface area contributed by atoms with Crippen molar-refractivity contribution in [2.45, 2.75) is 13.5 Å². The molecule has 5 nitrogen and oxygen atoms in total. The summed E-state index contributed by atoms with van der Waals surface area (Å²) in [6, 6.07) is 17.2. The first-order valence-corrected chi connectivity index (χ1v) is 10.2. The summed E-state index contributed by atoms with van der Waals surface area (Å²) in [5.74, 6) is 2.22. The molecule has 0 amide bonds. The number of ether oxygens (including phenoxy) is 3. The summed E-state index contributed by atoms with van der Waals surface area (Å²) in [5.41, 5.74) is 0.814. The van der Waals surface area contributed by atoms with E-state index in [-0.39, 0.29) is 17.8 Å². The standard InChI is InChI=1S/C24H18Cl2O5/c1-14-24(31-16-8-6-15(28-2)7-9-16)23(27)18-11-10-17(12-22(18)30-14)29-13-19-20(25)4-3-5-21(19)26/h3-12H,13H2,1-2H3. The summed E-state index contributed by atoms with van der Waals surface area (Å²) in [6.45, 7) is 1.86. The van der Waals surface area contributed by atoms with Crippen LogP contribution in [0.2, 0.25) is 10.0 Å². The Morgan fingerprint density at radius 3 is 2.23 bits per heavy atom. The third-order valence-electron chi connectivity index (χ3n) is 4.71. The van der Waals surface area contributed by atoms with Crippen LogP contribution in [0.15, 0.2) is 69.9 Å². The molecule has 158 valence electrons. The first-order valence-electron chi connectivity index (χ1n) is 9.41. The van der Waals surface area contributed by atoms with E-state index in [0.29, 0.717) is 49.6 Å². The molecule has 31 heavy (non-hydrogen) atoms. The predicted molar refractivity (Wildman–Crippen MR) is 121 cm³/mol. The maximum atomic E-state index is 13.0. The van der Waals surface area contributed by atoms with Crippen molar-refractivity contribution in [2.75, 3.05) is 7.11 Å². The van der Waals surface area contributed by atoms with E-state index in [9.17, 15) is 4.79 Å². The minimum Gasteiger partial charge on any atom is -0.497 e. The monoisotopic (exact) mass is 456 g/mol. The average Bonchev–Trinajstić information content (AvgIpc) is 2.76. The molecule has 0 aliphatic heterocycles. The summed E-state index contributed by atoms with van der Waals surface area (Å²) in [5, 5.41) is 1.43. The SMILES string of the molecule is COc1ccc(Oc2c(C)oc3cc(OCc4c(Cl)cccc4Cl)ccc3c2=O)cc1. The largest absolute Gasteiger partial charge is 0.497 e. The molecule has 0 aliphatic rings. The smallest absolute Gasteiger partial charge is 0.235 e. The summed E-state index contributed by atoms with van der Waals surface area (Å²) in [7, 11) is 1.58. The van der Waals surface area contributed by atoms with Crippen molar-refractivity contribution >= 4 is 34.2 Å². The van der Waals surface area contributed by atoms with E-state index < -0.39 is 0 Å². The predicted octanol–water partition coefficient (Wildman–Crippen LogP) is 6.79. The van der Waals surface area contributed by atoms with Crippen molar-refractivity contribution in [3.8, 4) is 23.0 Å². The number of aryl methyl sites for hydroxylation is 1. The van der Waals surface area contributed by atoms with Gasteiger partial charge in [-0.05, 0) is 55.5 Å². The van der Waals surface area contributed by atoms with Crippen LogP contribution < -0.4 is 19.6 Å². The molecule has 0 spiro atoms. The van der Waals surface area contributed by atoms with Gasteiger partial charge in [0.05, 0.1) is 12.5 Å². The van der Waals surface area contributed by atoms with Crippen LogP contribution in [0.1, 0.15) is 11.3 Å². The molecule has 0 N–H and O–H groups in total. The Labute approximate surface area is 188 Å². The Balaban J connectivity index is 1.60. The molecule has 0 fully saturated rings. The molecule has 0 atom stereocenters. The first-order chi connectivity index (χ1) is 15.0. The van der Waals surface area contributed by atoms with E-state index in [1.807, 2.05) is 0 Å². The van der Waals surface area contributed by atoms with Crippen LogP contribution in [0.4, 0.5) is 0 Å². The number of hydrogen-bond acceptors (Lipinski definition) is 5. The van der Waals surface area contributed by atoms with E-state index >= 15 is 0 Å². The second-order valence-electron chi connectivity index (χ2n) is 6.74. The molecule has 0 aliphatic carbocycles. The molecule has 4 aromatic rings. The highest BCUT2D eigenvalue weighted by Gasteiger charge is 2.15. The van der Waals surface area contributed by atoms with Crippen LogP contribution in [0.3, 0.4) is 0 Å². The van der Waals surface area contributed by atoms with Gasteiger partial charge in [-0.2, -0.15) is 0 Å². The van der Waals surface area contributed by atoms with Crippen LogP contribution in [-0.2, 0) is 6.61 Å². The zero-order valence-electron chi connectivity index (χ0n) is 16.8. The molecule has 1 heterocycles. The lowest BCUT2D eigenvalue weighted by molar-refractivity contribution is 0.306. The summed E-state index contributed by atoms with van der Waals surface area (Å²) in [4.78, 5) is 13.0. The first kappa shape index (κ1) is 21.1. The Kier molecular flexibility index (Phi) is 6.07. The second kappa shape index (κ2) is 8.92. The van der Waals surface area contributed by atoms with Gasteiger partial charge in [0.1, 0.15) is 35.2 Å². The molecular formula is C24H18Cl2O5. The zero-order valence-corrected chi connectivity index (χ0v) is 18.3. The van der Waals surface area contributed by atoms with E-state index in [4.69, 9.17) is 41.8 Å². The second-order valence-corrected chi connectivity index (χ2v) is 7.56. The normalized spacial score (nSPS) is 10.8.